The molecule has 0 aliphatic heterocycles. The molecule has 1 aromatic carbocycles. The van der Waals surface area contributed by atoms with E-state index < -0.39 is 0 Å². The van der Waals surface area contributed by atoms with E-state index in [4.69, 9.17) is 22.1 Å². The Hall–Kier alpha value is -1.52. The summed E-state index contributed by atoms with van der Waals surface area (Å²) in [4.78, 5) is 11.8. The minimum absolute atomic E-state index is 0.229. The van der Waals surface area contributed by atoms with Crippen LogP contribution in [0.2, 0.25) is 5.02 Å². The number of nitrogens with two attached hydrogens (primary N) is 1. The van der Waals surface area contributed by atoms with Crippen LogP contribution in [0, 0.1) is 0 Å². The summed E-state index contributed by atoms with van der Waals surface area (Å²) >= 11 is 5.92. The molecule has 0 fully saturated rings. The monoisotopic (exact) mass is 268 g/mol. The third kappa shape index (κ3) is 4.77. The molecule has 98 valence electrons. The second-order valence-electron chi connectivity index (χ2n) is 3.68. The van der Waals surface area contributed by atoms with Gasteiger partial charge in [-0.3, -0.25) is 4.79 Å². The Kier molecular flexibility index (Phi) is 6.25. The van der Waals surface area contributed by atoms with Gasteiger partial charge >= 0.3 is 0 Å². The van der Waals surface area contributed by atoms with Crippen molar-refractivity contribution in [3.05, 3.63) is 41.4 Å². The summed E-state index contributed by atoms with van der Waals surface area (Å²) in [6, 6.07) is 4.80. The third-order valence-electron chi connectivity index (χ3n) is 2.24. The summed E-state index contributed by atoms with van der Waals surface area (Å²) < 4.78 is 5.27. The molecule has 0 bridgehead atoms. The minimum atomic E-state index is -0.229. The fourth-order valence-electron chi connectivity index (χ4n) is 1.32. The Morgan fingerprint density at radius 3 is 2.94 bits per heavy atom. The summed E-state index contributed by atoms with van der Waals surface area (Å²) in [6.45, 7) is 5.11. The number of ether oxygens (including phenoxy) is 1. The van der Waals surface area contributed by atoms with Crippen LogP contribution in [0.5, 0.6) is 0 Å². The maximum absolute atomic E-state index is 11.8. The summed E-state index contributed by atoms with van der Waals surface area (Å²) in [5.74, 6) is -0.229. The standard InChI is InChI=1S/C13H17ClN2O2/c1-2-3-7-18-8-6-16-13(17)11-5-4-10(15)9-12(11)14/h2,4-5,9H,1,3,6-8,15H2,(H,16,17). The molecule has 1 rings (SSSR count). The van der Waals surface area contributed by atoms with E-state index in [0.29, 0.717) is 36.0 Å². The minimum Gasteiger partial charge on any atom is -0.399 e. The predicted octanol–water partition coefficient (Wildman–Crippen LogP) is 2.24. The number of carbonyl (C=O) groups is 1. The molecule has 0 radical (unpaired) electrons. The molecule has 4 nitrogen and oxygen atoms in total. The van der Waals surface area contributed by atoms with Crippen LogP contribution in [0.15, 0.2) is 30.9 Å². The number of hydrogen-bond donors (Lipinski definition) is 2. The summed E-state index contributed by atoms with van der Waals surface area (Å²) in [5, 5.41) is 3.07. The molecule has 1 aromatic rings. The molecule has 5 heteroatoms. The number of rotatable bonds is 7. The van der Waals surface area contributed by atoms with E-state index in [9.17, 15) is 4.79 Å². The Bertz CT molecular complexity index is 421. The fraction of sp³-hybridized carbons (Fsp3) is 0.308. The van der Waals surface area contributed by atoms with Crippen LogP contribution in [0.1, 0.15) is 16.8 Å². The van der Waals surface area contributed by atoms with Crippen molar-refractivity contribution >= 4 is 23.2 Å². The highest BCUT2D eigenvalue weighted by Gasteiger charge is 2.09. The molecule has 3 N–H and O–H groups in total. The van der Waals surface area contributed by atoms with E-state index in [-0.39, 0.29) is 5.91 Å². The molecule has 0 heterocycles. The number of nitrogen functional groups attached to an aromatic ring is 1. The van der Waals surface area contributed by atoms with Crippen molar-refractivity contribution in [1.82, 2.24) is 5.32 Å². The quantitative estimate of drug-likeness (QED) is 0.453. The van der Waals surface area contributed by atoms with Crippen LogP contribution in [-0.4, -0.2) is 25.7 Å². The number of benzene rings is 1. The van der Waals surface area contributed by atoms with E-state index in [1.165, 1.54) is 0 Å². The smallest absolute Gasteiger partial charge is 0.252 e. The zero-order valence-corrected chi connectivity index (χ0v) is 10.9. The van der Waals surface area contributed by atoms with Crippen LogP contribution in [0.3, 0.4) is 0 Å². The van der Waals surface area contributed by atoms with E-state index in [2.05, 4.69) is 11.9 Å². The van der Waals surface area contributed by atoms with E-state index in [0.717, 1.165) is 6.42 Å². The van der Waals surface area contributed by atoms with Gasteiger partial charge in [-0.1, -0.05) is 17.7 Å². The van der Waals surface area contributed by atoms with Gasteiger partial charge in [0.1, 0.15) is 0 Å². The maximum Gasteiger partial charge on any atom is 0.252 e. The number of nitrogens with one attached hydrogen (secondary N) is 1. The Morgan fingerprint density at radius 1 is 1.50 bits per heavy atom. The number of amides is 1. The van der Waals surface area contributed by atoms with Crippen LogP contribution in [-0.2, 0) is 4.74 Å². The van der Waals surface area contributed by atoms with Gasteiger partial charge in [0.15, 0.2) is 0 Å². The molecule has 0 spiro atoms. The van der Waals surface area contributed by atoms with Gasteiger partial charge in [-0.25, -0.2) is 0 Å². The van der Waals surface area contributed by atoms with Crippen LogP contribution < -0.4 is 11.1 Å². The van der Waals surface area contributed by atoms with E-state index >= 15 is 0 Å². The lowest BCUT2D eigenvalue weighted by Gasteiger charge is -2.07. The molecule has 18 heavy (non-hydrogen) atoms. The Labute approximate surface area is 112 Å². The molecule has 0 saturated heterocycles. The van der Waals surface area contributed by atoms with Crippen molar-refractivity contribution in [2.45, 2.75) is 6.42 Å². The normalized spacial score (nSPS) is 10.1. The van der Waals surface area contributed by atoms with Gasteiger partial charge in [0.25, 0.3) is 5.91 Å². The largest absolute Gasteiger partial charge is 0.399 e. The average Bonchev–Trinajstić information content (AvgIpc) is 2.33. The second-order valence-corrected chi connectivity index (χ2v) is 4.09. The molecular formula is C13H17ClN2O2. The molecule has 0 saturated carbocycles. The number of hydrogen-bond acceptors (Lipinski definition) is 3. The zero-order chi connectivity index (χ0) is 13.4. The van der Waals surface area contributed by atoms with Gasteiger partial charge in [0.05, 0.1) is 23.8 Å². The van der Waals surface area contributed by atoms with Gasteiger partial charge < -0.3 is 15.8 Å². The Balaban J connectivity index is 2.34. The average molecular weight is 269 g/mol. The van der Waals surface area contributed by atoms with Crippen molar-refractivity contribution in [2.75, 3.05) is 25.5 Å². The van der Waals surface area contributed by atoms with Crippen LogP contribution in [0.4, 0.5) is 5.69 Å². The molecule has 0 atom stereocenters. The highest BCUT2D eigenvalue weighted by molar-refractivity contribution is 6.34. The molecule has 1 amide bonds. The number of anilines is 1. The molecule has 0 aromatic heterocycles. The van der Waals surface area contributed by atoms with Gasteiger partial charge in [0.2, 0.25) is 0 Å². The van der Waals surface area contributed by atoms with Crippen LogP contribution in [0.25, 0.3) is 0 Å². The van der Waals surface area contributed by atoms with E-state index in [1.54, 1.807) is 24.3 Å². The van der Waals surface area contributed by atoms with Crippen molar-refractivity contribution in [3.63, 3.8) is 0 Å². The molecule has 0 aliphatic carbocycles. The highest BCUT2D eigenvalue weighted by Crippen LogP contribution is 2.18. The lowest BCUT2D eigenvalue weighted by Crippen LogP contribution is -2.27. The SMILES string of the molecule is C=CCCOCCNC(=O)c1ccc(N)cc1Cl. The maximum atomic E-state index is 11.8. The Morgan fingerprint density at radius 2 is 2.28 bits per heavy atom. The lowest BCUT2D eigenvalue weighted by atomic mass is 10.2. The number of carbonyl (C=O) groups excluding carboxylic acids is 1. The third-order valence-corrected chi connectivity index (χ3v) is 2.55. The van der Waals surface area contributed by atoms with Gasteiger partial charge in [0, 0.05) is 12.2 Å². The summed E-state index contributed by atoms with van der Waals surface area (Å²) in [5.41, 5.74) is 6.50. The first-order valence-corrected chi connectivity index (χ1v) is 6.05. The van der Waals surface area contributed by atoms with Crippen molar-refractivity contribution in [2.24, 2.45) is 0 Å². The summed E-state index contributed by atoms with van der Waals surface area (Å²) in [7, 11) is 0. The molecule has 0 aliphatic rings. The number of halogens is 1. The summed E-state index contributed by atoms with van der Waals surface area (Å²) in [6.07, 6.45) is 2.59. The van der Waals surface area contributed by atoms with Crippen molar-refractivity contribution in [1.29, 1.82) is 0 Å². The van der Waals surface area contributed by atoms with Crippen molar-refractivity contribution < 1.29 is 9.53 Å². The van der Waals surface area contributed by atoms with E-state index in [1.807, 2.05) is 0 Å². The highest BCUT2D eigenvalue weighted by atomic mass is 35.5. The van der Waals surface area contributed by atoms with Gasteiger partial charge in [-0.2, -0.15) is 0 Å². The molecular weight excluding hydrogens is 252 g/mol. The topological polar surface area (TPSA) is 64.3 Å². The van der Waals surface area contributed by atoms with Gasteiger partial charge in [-0.15, -0.1) is 6.58 Å². The zero-order valence-electron chi connectivity index (χ0n) is 10.1. The lowest BCUT2D eigenvalue weighted by molar-refractivity contribution is 0.0918. The van der Waals surface area contributed by atoms with Crippen LogP contribution >= 0.6 is 11.6 Å². The second kappa shape index (κ2) is 7.74. The predicted molar refractivity (Wildman–Crippen MR) is 73.8 cm³/mol. The first kappa shape index (κ1) is 14.5. The fourth-order valence-corrected chi connectivity index (χ4v) is 1.59. The van der Waals surface area contributed by atoms with Gasteiger partial charge in [-0.05, 0) is 24.6 Å². The molecule has 0 unspecified atom stereocenters. The van der Waals surface area contributed by atoms with Crippen molar-refractivity contribution in [3.8, 4) is 0 Å². The first-order chi connectivity index (χ1) is 8.65. The first-order valence-electron chi connectivity index (χ1n) is 5.67.